The molecule has 32 heavy (non-hydrogen) atoms. The van der Waals surface area contributed by atoms with Gasteiger partial charge in [-0.1, -0.05) is 18.0 Å². The van der Waals surface area contributed by atoms with E-state index in [-0.39, 0.29) is 11.7 Å². The van der Waals surface area contributed by atoms with Crippen molar-refractivity contribution < 1.29 is 18.7 Å². The number of anilines is 1. The van der Waals surface area contributed by atoms with Crippen LogP contribution in [-0.2, 0) is 0 Å². The Labute approximate surface area is 183 Å². The quantitative estimate of drug-likeness (QED) is 0.435. The molecular weight excluding hydrogens is 416 g/mol. The molecule has 1 saturated heterocycles. The fraction of sp³-hybridized carbons (Fsp3) is 0.429. The molecule has 11 nitrogen and oxygen atoms in total. The van der Waals surface area contributed by atoms with E-state index in [2.05, 4.69) is 20.0 Å². The predicted molar refractivity (Wildman–Crippen MR) is 112 cm³/mol. The molecule has 5 rings (SSSR count). The molecule has 3 aromatic heterocycles. The van der Waals surface area contributed by atoms with Gasteiger partial charge in [-0.15, -0.1) is 0 Å². The van der Waals surface area contributed by atoms with E-state index < -0.39 is 10.8 Å². The second-order valence-corrected chi connectivity index (χ2v) is 8.02. The maximum absolute atomic E-state index is 12.5. The highest BCUT2D eigenvalue weighted by atomic mass is 16.6. The lowest BCUT2D eigenvalue weighted by Gasteiger charge is -2.35. The number of rotatable bonds is 5. The summed E-state index contributed by atoms with van der Waals surface area (Å²) in [5.41, 5.74) is 0.801. The third-order valence-corrected chi connectivity index (χ3v) is 6.03. The van der Waals surface area contributed by atoms with Gasteiger partial charge in [-0.3, -0.25) is 14.9 Å². The summed E-state index contributed by atoms with van der Waals surface area (Å²) in [6.07, 6.45) is 6.35. The normalized spacial score (nSPS) is 17.1. The summed E-state index contributed by atoms with van der Waals surface area (Å²) < 4.78 is 10.5. The van der Waals surface area contributed by atoms with Gasteiger partial charge in [0.1, 0.15) is 10.7 Å². The van der Waals surface area contributed by atoms with Crippen molar-refractivity contribution in [1.82, 2.24) is 20.0 Å². The molecule has 166 valence electrons. The van der Waals surface area contributed by atoms with E-state index >= 15 is 0 Å². The second-order valence-electron chi connectivity index (χ2n) is 8.02. The first kappa shape index (κ1) is 20.2. The Balaban J connectivity index is 1.19. The Bertz CT molecular complexity index is 1110. The molecule has 0 spiro atoms. The van der Waals surface area contributed by atoms with E-state index in [1.165, 1.54) is 25.0 Å². The molecule has 4 heterocycles. The van der Waals surface area contributed by atoms with E-state index in [0.29, 0.717) is 43.8 Å². The number of pyridine rings is 1. The van der Waals surface area contributed by atoms with Crippen molar-refractivity contribution in [1.29, 1.82) is 0 Å². The van der Waals surface area contributed by atoms with Gasteiger partial charge in [-0.25, -0.2) is 4.98 Å². The number of aromatic nitrogens is 3. The largest absolute Gasteiger partial charge is 0.433 e. The number of furan rings is 1. The molecular formula is C21H22N6O5. The van der Waals surface area contributed by atoms with Gasteiger partial charge >= 0.3 is 5.88 Å². The highest BCUT2D eigenvalue weighted by molar-refractivity contribution is 5.92. The average Bonchev–Trinajstić information content (AvgIpc) is 3.60. The summed E-state index contributed by atoms with van der Waals surface area (Å²) in [6, 6.07) is 6.36. The van der Waals surface area contributed by atoms with Gasteiger partial charge in [0.2, 0.25) is 11.7 Å². The van der Waals surface area contributed by atoms with E-state index in [1.807, 2.05) is 12.1 Å². The molecule has 0 unspecified atom stereocenters. The molecule has 2 aliphatic rings. The summed E-state index contributed by atoms with van der Waals surface area (Å²) in [4.78, 5) is 35.4. The zero-order chi connectivity index (χ0) is 22.1. The third kappa shape index (κ3) is 3.93. The minimum atomic E-state index is -0.659. The molecule has 0 bridgehead atoms. The number of carbonyl (C=O) groups is 1. The van der Waals surface area contributed by atoms with Gasteiger partial charge in [-0.2, -0.15) is 4.98 Å². The number of hydrogen-bond acceptors (Lipinski definition) is 9. The first-order chi connectivity index (χ1) is 15.6. The summed E-state index contributed by atoms with van der Waals surface area (Å²) in [5.74, 6) is 1.62. The Morgan fingerprint density at radius 1 is 1.09 bits per heavy atom. The van der Waals surface area contributed by atoms with E-state index in [9.17, 15) is 14.9 Å². The first-order valence-corrected chi connectivity index (χ1v) is 10.7. The standard InChI is InChI=1S/C21H22N6O5/c28-21(16-6-8-18(31-16)27(29)30)26-11-9-25(10-12-26)17-7-5-15(13-22-17)19-23-20(32-24-19)14-3-1-2-4-14/h5-8,13-14H,1-4,9-12H2. The van der Waals surface area contributed by atoms with Crippen LogP contribution in [0.4, 0.5) is 11.7 Å². The molecule has 1 amide bonds. The molecule has 1 aliphatic heterocycles. The number of carbonyl (C=O) groups excluding carboxylic acids is 1. The van der Waals surface area contributed by atoms with Gasteiger partial charge < -0.3 is 18.7 Å². The fourth-order valence-electron chi connectivity index (χ4n) is 4.23. The number of amides is 1. The molecule has 0 aromatic carbocycles. The minimum Gasteiger partial charge on any atom is -0.395 e. The highest BCUT2D eigenvalue weighted by Crippen LogP contribution is 2.34. The number of nitrogens with zero attached hydrogens (tertiary/aromatic N) is 6. The Hall–Kier alpha value is -3.76. The van der Waals surface area contributed by atoms with Crippen molar-refractivity contribution in [3.05, 3.63) is 52.2 Å². The molecule has 1 aliphatic carbocycles. The van der Waals surface area contributed by atoms with Crippen molar-refractivity contribution >= 4 is 17.6 Å². The van der Waals surface area contributed by atoms with Crippen LogP contribution < -0.4 is 4.90 Å². The SMILES string of the molecule is O=C(c1ccc([N+](=O)[O-])o1)N1CCN(c2ccc(-c3noc(C4CCCC4)n3)cn2)CC1. The molecule has 3 aromatic rings. The maximum Gasteiger partial charge on any atom is 0.433 e. The lowest BCUT2D eigenvalue weighted by Crippen LogP contribution is -2.49. The summed E-state index contributed by atoms with van der Waals surface area (Å²) in [6.45, 7) is 2.11. The molecule has 0 radical (unpaired) electrons. The van der Waals surface area contributed by atoms with Crippen LogP contribution in [0.2, 0.25) is 0 Å². The molecule has 0 N–H and O–H groups in total. The first-order valence-electron chi connectivity index (χ1n) is 10.7. The van der Waals surface area contributed by atoms with Crippen LogP contribution in [0.15, 0.2) is 39.4 Å². The van der Waals surface area contributed by atoms with E-state index in [4.69, 9.17) is 8.94 Å². The summed E-state index contributed by atoms with van der Waals surface area (Å²) in [7, 11) is 0. The van der Waals surface area contributed by atoms with Gasteiger partial charge in [0, 0.05) is 43.9 Å². The monoisotopic (exact) mass is 438 g/mol. The lowest BCUT2D eigenvalue weighted by molar-refractivity contribution is -0.402. The second kappa shape index (κ2) is 8.40. The Morgan fingerprint density at radius 3 is 2.53 bits per heavy atom. The van der Waals surface area contributed by atoms with Crippen LogP contribution in [0, 0.1) is 10.1 Å². The minimum absolute atomic E-state index is 0.0234. The number of hydrogen-bond donors (Lipinski definition) is 0. The van der Waals surface area contributed by atoms with E-state index in [1.54, 1.807) is 11.1 Å². The van der Waals surface area contributed by atoms with Gasteiger partial charge in [0.05, 0.1) is 6.07 Å². The number of piperazine rings is 1. The molecule has 2 fully saturated rings. The van der Waals surface area contributed by atoms with Crippen molar-refractivity contribution in [3.63, 3.8) is 0 Å². The average molecular weight is 438 g/mol. The summed E-state index contributed by atoms with van der Waals surface area (Å²) >= 11 is 0. The highest BCUT2D eigenvalue weighted by Gasteiger charge is 2.27. The van der Waals surface area contributed by atoms with Crippen LogP contribution in [0.1, 0.15) is 48.0 Å². The van der Waals surface area contributed by atoms with Gasteiger partial charge in [0.25, 0.3) is 5.91 Å². The van der Waals surface area contributed by atoms with Gasteiger partial charge in [0.15, 0.2) is 5.76 Å². The van der Waals surface area contributed by atoms with E-state index in [0.717, 1.165) is 24.2 Å². The van der Waals surface area contributed by atoms with Crippen LogP contribution in [0.25, 0.3) is 11.4 Å². The smallest absolute Gasteiger partial charge is 0.395 e. The van der Waals surface area contributed by atoms with Gasteiger partial charge in [-0.05, 0) is 31.0 Å². The molecule has 1 saturated carbocycles. The third-order valence-electron chi connectivity index (χ3n) is 6.03. The van der Waals surface area contributed by atoms with Crippen molar-refractivity contribution in [3.8, 4) is 11.4 Å². The lowest BCUT2D eigenvalue weighted by atomic mass is 10.1. The summed E-state index contributed by atoms with van der Waals surface area (Å²) in [5, 5.41) is 14.9. The van der Waals surface area contributed by atoms with Crippen LogP contribution in [0.5, 0.6) is 0 Å². The fourth-order valence-corrected chi connectivity index (χ4v) is 4.23. The van der Waals surface area contributed by atoms with Crippen molar-refractivity contribution in [2.45, 2.75) is 31.6 Å². The topological polar surface area (TPSA) is 132 Å². The van der Waals surface area contributed by atoms with Crippen molar-refractivity contribution in [2.75, 3.05) is 31.1 Å². The van der Waals surface area contributed by atoms with Crippen LogP contribution in [0.3, 0.4) is 0 Å². The van der Waals surface area contributed by atoms with Crippen LogP contribution in [-0.4, -0.2) is 57.0 Å². The van der Waals surface area contributed by atoms with Crippen molar-refractivity contribution in [2.24, 2.45) is 0 Å². The van der Waals surface area contributed by atoms with Crippen LogP contribution >= 0.6 is 0 Å². The number of nitro groups is 1. The Kier molecular flexibility index (Phi) is 5.29. The molecule has 11 heteroatoms. The predicted octanol–water partition coefficient (Wildman–Crippen LogP) is 3.25. The zero-order valence-electron chi connectivity index (χ0n) is 17.3. The maximum atomic E-state index is 12.5. The molecule has 0 atom stereocenters. The Morgan fingerprint density at radius 2 is 1.88 bits per heavy atom. The zero-order valence-corrected chi connectivity index (χ0v) is 17.3.